The zero-order chi connectivity index (χ0) is 18.4. The van der Waals surface area contributed by atoms with Crippen LogP contribution in [0.15, 0.2) is 65.8 Å². The molecule has 2 unspecified atom stereocenters. The second-order valence-corrected chi connectivity index (χ2v) is 7.24. The fourth-order valence-electron chi connectivity index (χ4n) is 3.43. The number of thiophene rings is 1. The normalized spacial score (nSPS) is 20.0. The smallest absolute Gasteiger partial charge is 0.265 e. The molecule has 1 amide bonds. The molecular formula is C20H13N5OS. The Bertz CT molecular complexity index is 1160. The first-order valence-corrected chi connectivity index (χ1v) is 9.32. The molecule has 2 aliphatic rings. The highest BCUT2D eigenvalue weighted by molar-refractivity contribution is 7.12. The Balaban J connectivity index is 1.51. The van der Waals surface area contributed by atoms with E-state index in [2.05, 4.69) is 16.4 Å². The van der Waals surface area contributed by atoms with Gasteiger partial charge in [-0.1, -0.05) is 18.2 Å². The minimum Gasteiger partial charge on any atom is -0.323 e. The maximum Gasteiger partial charge on any atom is 0.265 e. The lowest BCUT2D eigenvalue weighted by atomic mass is 9.99. The first-order valence-electron chi connectivity index (χ1n) is 8.44. The van der Waals surface area contributed by atoms with Gasteiger partial charge >= 0.3 is 0 Å². The molecule has 3 aromatic rings. The second-order valence-electron chi connectivity index (χ2n) is 6.29. The van der Waals surface area contributed by atoms with Crippen LogP contribution in [-0.2, 0) is 0 Å². The summed E-state index contributed by atoms with van der Waals surface area (Å²) >= 11 is 1.39. The number of hydrogen-bond acceptors (Lipinski definition) is 6. The largest absolute Gasteiger partial charge is 0.323 e. The van der Waals surface area contributed by atoms with Crippen molar-refractivity contribution in [3.8, 4) is 6.07 Å². The summed E-state index contributed by atoms with van der Waals surface area (Å²) in [7, 11) is 0. The minimum absolute atomic E-state index is 0.152. The van der Waals surface area contributed by atoms with E-state index >= 15 is 0 Å². The number of carbonyl (C=O) groups excluding carboxylic acids is 1. The van der Waals surface area contributed by atoms with Crippen molar-refractivity contribution in [2.75, 3.05) is 4.90 Å². The molecule has 0 saturated heterocycles. The summed E-state index contributed by atoms with van der Waals surface area (Å²) in [6.07, 6.45) is 5.57. The number of nitrogens with one attached hydrogen (secondary N) is 1. The van der Waals surface area contributed by atoms with E-state index in [-0.39, 0.29) is 11.9 Å². The zero-order valence-electron chi connectivity index (χ0n) is 14.0. The molecule has 5 rings (SSSR count). The number of hydrogen-bond donors (Lipinski definition) is 1. The van der Waals surface area contributed by atoms with Crippen LogP contribution in [0.25, 0.3) is 11.0 Å². The van der Waals surface area contributed by atoms with Crippen LogP contribution in [0.3, 0.4) is 0 Å². The van der Waals surface area contributed by atoms with Crippen molar-refractivity contribution in [3.63, 3.8) is 0 Å². The fourth-order valence-corrected chi connectivity index (χ4v) is 4.05. The fraction of sp³-hybridized carbons (Fsp3) is 0.100. The predicted octanol–water partition coefficient (Wildman–Crippen LogP) is 3.33. The Morgan fingerprint density at radius 2 is 2.00 bits per heavy atom. The molecule has 0 radical (unpaired) electrons. The standard InChI is InChI=1S/C20H13N5OS/c21-11-13-16-10-12(22-20(26)17-6-3-9-27-17)7-8-25(16)19-18(13)23-14-4-1-2-5-15(14)24-19/h1-10,13,16H,(H,22,26). The lowest BCUT2D eigenvalue weighted by Crippen LogP contribution is -2.33. The molecule has 2 aromatic heterocycles. The summed E-state index contributed by atoms with van der Waals surface area (Å²) in [6, 6.07) is 13.4. The van der Waals surface area contributed by atoms with Gasteiger partial charge < -0.3 is 10.2 Å². The monoisotopic (exact) mass is 371 g/mol. The Kier molecular flexibility index (Phi) is 3.52. The number of fused-ring (bicyclic) bond motifs is 4. The molecule has 0 fully saturated rings. The molecule has 6 nitrogen and oxygen atoms in total. The summed E-state index contributed by atoms with van der Waals surface area (Å²) < 4.78 is 0. The van der Waals surface area contributed by atoms with E-state index in [0.29, 0.717) is 22.1 Å². The van der Waals surface area contributed by atoms with Gasteiger partial charge in [-0.3, -0.25) is 4.79 Å². The maximum absolute atomic E-state index is 12.3. The highest BCUT2D eigenvalue weighted by Gasteiger charge is 2.41. The lowest BCUT2D eigenvalue weighted by molar-refractivity contribution is 0.0971. The Labute approximate surface area is 159 Å². The zero-order valence-corrected chi connectivity index (χ0v) is 14.9. The SMILES string of the molecule is N#CC1c2nc3ccccc3nc2N2C=CC(NC(=O)c3cccs3)=CC12. The summed E-state index contributed by atoms with van der Waals surface area (Å²) in [4.78, 5) is 24.3. The van der Waals surface area contributed by atoms with Gasteiger partial charge in [0.25, 0.3) is 5.91 Å². The van der Waals surface area contributed by atoms with Crippen LogP contribution < -0.4 is 10.2 Å². The summed E-state index contributed by atoms with van der Waals surface area (Å²) in [5.74, 6) is 0.0948. The molecule has 0 bridgehead atoms. The number of nitriles is 1. The van der Waals surface area contributed by atoms with Gasteiger partial charge in [-0.25, -0.2) is 9.97 Å². The average molecular weight is 371 g/mol. The number of rotatable bonds is 2. The Morgan fingerprint density at radius 1 is 1.19 bits per heavy atom. The summed E-state index contributed by atoms with van der Waals surface area (Å²) in [5.41, 5.74) is 2.92. The molecule has 1 aromatic carbocycles. The minimum atomic E-state index is -0.448. The van der Waals surface area contributed by atoms with Crippen LogP contribution in [0.4, 0.5) is 5.82 Å². The number of amides is 1. The van der Waals surface area contributed by atoms with Gasteiger partial charge in [-0.15, -0.1) is 11.3 Å². The highest BCUT2D eigenvalue weighted by atomic mass is 32.1. The van der Waals surface area contributed by atoms with Crippen molar-refractivity contribution in [1.29, 1.82) is 5.26 Å². The molecule has 130 valence electrons. The van der Waals surface area contributed by atoms with Crippen molar-refractivity contribution in [1.82, 2.24) is 15.3 Å². The van der Waals surface area contributed by atoms with Crippen LogP contribution in [-0.4, -0.2) is 21.9 Å². The Hall–Kier alpha value is -3.50. The number of para-hydroxylation sites is 2. The molecule has 0 saturated carbocycles. The molecule has 2 aliphatic heterocycles. The first-order chi connectivity index (χ1) is 13.2. The van der Waals surface area contributed by atoms with E-state index < -0.39 is 5.92 Å². The molecule has 4 heterocycles. The molecule has 0 spiro atoms. The lowest BCUT2D eigenvalue weighted by Gasteiger charge is -2.25. The highest BCUT2D eigenvalue weighted by Crippen LogP contribution is 2.41. The van der Waals surface area contributed by atoms with Crippen LogP contribution in [0.5, 0.6) is 0 Å². The van der Waals surface area contributed by atoms with Gasteiger partial charge in [0.15, 0.2) is 5.82 Å². The van der Waals surface area contributed by atoms with Crippen LogP contribution in [0.2, 0.25) is 0 Å². The average Bonchev–Trinajstić information content (AvgIpc) is 3.32. The third kappa shape index (κ3) is 2.50. The molecule has 0 aliphatic carbocycles. The third-order valence-electron chi connectivity index (χ3n) is 4.69. The van der Waals surface area contributed by atoms with Gasteiger partial charge in [-0.2, -0.15) is 5.26 Å². The molecule has 1 N–H and O–H groups in total. The van der Waals surface area contributed by atoms with Crippen LogP contribution in [0.1, 0.15) is 21.3 Å². The van der Waals surface area contributed by atoms with E-state index in [1.54, 1.807) is 6.07 Å². The van der Waals surface area contributed by atoms with Crippen molar-refractivity contribution >= 4 is 34.1 Å². The van der Waals surface area contributed by atoms with Crippen LogP contribution >= 0.6 is 11.3 Å². The maximum atomic E-state index is 12.3. The van der Waals surface area contributed by atoms with Crippen LogP contribution in [0, 0.1) is 11.3 Å². The first kappa shape index (κ1) is 15.7. The van der Waals surface area contributed by atoms with Gasteiger partial charge in [0, 0.05) is 11.9 Å². The van der Waals surface area contributed by atoms with E-state index in [1.807, 2.05) is 59.0 Å². The topological polar surface area (TPSA) is 81.9 Å². The Morgan fingerprint density at radius 3 is 2.74 bits per heavy atom. The molecule has 27 heavy (non-hydrogen) atoms. The number of aromatic nitrogens is 2. The van der Waals surface area contributed by atoms with E-state index in [9.17, 15) is 10.1 Å². The van der Waals surface area contributed by atoms with Crippen molar-refractivity contribution in [2.45, 2.75) is 12.0 Å². The third-order valence-corrected chi connectivity index (χ3v) is 5.56. The number of allylic oxidation sites excluding steroid dienone is 1. The number of anilines is 1. The second kappa shape index (κ2) is 6.04. The van der Waals surface area contributed by atoms with E-state index in [0.717, 1.165) is 11.0 Å². The van der Waals surface area contributed by atoms with Gasteiger partial charge in [0.1, 0.15) is 11.6 Å². The summed E-state index contributed by atoms with van der Waals surface area (Å²) in [6.45, 7) is 0. The van der Waals surface area contributed by atoms with Crippen molar-refractivity contribution in [3.05, 3.63) is 76.4 Å². The van der Waals surface area contributed by atoms with E-state index in [1.165, 1.54) is 11.3 Å². The van der Waals surface area contributed by atoms with Crippen molar-refractivity contribution in [2.24, 2.45) is 0 Å². The number of nitrogens with zero attached hydrogens (tertiary/aromatic N) is 4. The van der Waals surface area contributed by atoms with Gasteiger partial charge in [0.2, 0.25) is 0 Å². The van der Waals surface area contributed by atoms with Crippen molar-refractivity contribution < 1.29 is 4.79 Å². The number of benzene rings is 1. The quantitative estimate of drug-likeness (QED) is 0.747. The molecule has 7 heteroatoms. The van der Waals surface area contributed by atoms with E-state index in [4.69, 9.17) is 4.98 Å². The molecular weight excluding hydrogens is 358 g/mol. The summed E-state index contributed by atoms with van der Waals surface area (Å²) in [5, 5.41) is 14.5. The van der Waals surface area contributed by atoms with Gasteiger partial charge in [-0.05, 0) is 35.7 Å². The number of carbonyl (C=O) groups is 1. The van der Waals surface area contributed by atoms with Gasteiger partial charge in [0.05, 0.1) is 28.0 Å². The molecule has 2 atom stereocenters. The predicted molar refractivity (Wildman–Crippen MR) is 103 cm³/mol.